The Morgan fingerprint density at radius 1 is 1.42 bits per heavy atom. The average molecular weight is 359 g/mol. The maximum Gasteiger partial charge on any atom is 0.122 e. The summed E-state index contributed by atoms with van der Waals surface area (Å²) in [5, 5.41) is 4.12. The van der Waals surface area contributed by atoms with Gasteiger partial charge in [-0.25, -0.2) is 0 Å². The van der Waals surface area contributed by atoms with Crippen LogP contribution >= 0.6 is 38.9 Å². The Labute approximate surface area is 129 Å². The van der Waals surface area contributed by atoms with Crippen molar-refractivity contribution in [1.29, 1.82) is 0 Å². The fourth-order valence-electron chi connectivity index (χ4n) is 2.36. The second-order valence-corrected chi connectivity index (χ2v) is 7.27. The van der Waals surface area contributed by atoms with Crippen molar-refractivity contribution in [3.8, 4) is 5.75 Å². The number of thiophene rings is 1. The van der Waals surface area contributed by atoms with Gasteiger partial charge in [-0.1, -0.05) is 23.7 Å². The van der Waals surface area contributed by atoms with Gasteiger partial charge < -0.3 is 10.1 Å². The van der Waals surface area contributed by atoms with Crippen LogP contribution in [0.2, 0.25) is 5.02 Å². The molecule has 0 aliphatic carbocycles. The van der Waals surface area contributed by atoms with E-state index in [1.165, 1.54) is 16.0 Å². The van der Waals surface area contributed by atoms with E-state index in [-0.39, 0.29) is 6.04 Å². The molecule has 100 valence electrons. The fourth-order valence-corrected chi connectivity index (χ4v) is 4.25. The first-order valence-corrected chi connectivity index (χ1v) is 8.05. The van der Waals surface area contributed by atoms with E-state index in [1.807, 2.05) is 13.1 Å². The molecular formula is C14H13BrClNOS. The van der Waals surface area contributed by atoms with E-state index in [0.717, 1.165) is 27.6 Å². The molecule has 2 heterocycles. The lowest BCUT2D eigenvalue weighted by Crippen LogP contribution is -2.16. The van der Waals surface area contributed by atoms with Crippen LogP contribution in [0.1, 0.15) is 22.0 Å². The predicted octanol–water partition coefficient (Wildman–Crippen LogP) is 4.41. The van der Waals surface area contributed by atoms with E-state index in [1.54, 1.807) is 11.3 Å². The van der Waals surface area contributed by atoms with Gasteiger partial charge in [-0.2, -0.15) is 0 Å². The van der Waals surface area contributed by atoms with Crippen molar-refractivity contribution in [3.63, 3.8) is 0 Å². The molecular weight excluding hydrogens is 346 g/mol. The standard InChI is InChI=1S/C14H13BrClNOS/c1-17-13(12-7-10(16)14(15)19-12)9-2-3-11-8(6-9)4-5-18-11/h2-3,6-7,13,17H,4-5H2,1H3. The molecule has 1 aliphatic rings. The largest absolute Gasteiger partial charge is 0.493 e. The van der Waals surface area contributed by atoms with Crippen molar-refractivity contribution in [1.82, 2.24) is 5.32 Å². The van der Waals surface area contributed by atoms with E-state index >= 15 is 0 Å². The summed E-state index contributed by atoms with van der Waals surface area (Å²) in [6.07, 6.45) is 0.995. The van der Waals surface area contributed by atoms with Gasteiger partial charge in [-0.15, -0.1) is 11.3 Å². The highest BCUT2D eigenvalue weighted by molar-refractivity contribution is 9.11. The Morgan fingerprint density at radius 3 is 2.95 bits per heavy atom. The third kappa shape index (κ3) is 2.55. The van der Waals surface area contributed by atoms with E-state index in [4.69, 9.17) is 16.3 Å². The zero-order valence-corrected chi connectivity index (χ0v) is 13.5. The molecule has 0 fully saturated rings. The maximum atomic E-state index is 6.13. The number of ether oxygens (including phenoxy) is 1. The van der Waals surface area contributed by atoms with Gasteiger partial charge in [0.25, 0.3) is 0 Å². The minimum Gasteiger partial charge on any atom is -0.493 e. The Bertz CT molecular complexity index is 594. The number of nitrogens with one attached hydrogen (secondary N) is 1. The summed E-state index contributed by atoms with van der Waals surface area (Å²) in [6, 6.07) is 8.59. The molecule has 19 heavy (non-hydrogen) atoms. The van der Waals surface area contributed by atoms with Crippen LogP contribution in [0.5, 0.6) is 5.75 Å². The van der Waals surface area contributed by atoms with E-state index in [0.29, 0.717) is 0 Å². The smallest absolute Gasteiger partial charge is 0.122 e. The van der Waals surface area contributed by atoms with Crippen molar-refractivity contribution in [3.05, 3.63) is 49.1 Å². The molecule has 0 radical (unpaired) electrons. The topological polar surface area (TPSA) is 21.3 Å². The monoisotopic (exact) mass is 357 g/mol. The average Bonchev–Trinajstić information content (AvgIpc) is 2.98. The van der Waals surface area contributed by atoms with Crippen molar-refractivity contribution in [2.45, 2.75) is 12.5 Å². The number of fused-ring (bicyclic) bond motifs is 1. The van der Waals surface area contributed by atoms with Gasteiger partial charge in [-0.3, -0.25) is 0 Å². The molecule has 0 bridgehead atoms. The minimum absolute atomic E-state index is 0.166. The highest BCUT2D eigenvalue weighted by atomic mass is 79.9. The van der Waals surface area contributed by atoms with E-state index in [2.05, 4.69) is 39.4 Å². The molecule has 1 atom stereocenters. The maximum absolute atomic E-state index is 6.13. The van der Waals surface area contributed by atoms with Crippen LogP contribution in [-0.4, -0.2) is 13.7 Å². The SMILES string of the molecule is CNC(c1ccc2c(c1)CCO2)c1cc(Cl)c(Br)s1. The predicted molar refractivity (Wildman–Crippen MR) is 83.6 cm³/mol. The van der Waals surface area contributed by atoms with Gasteiger partial charge >= 0.3 is 0 Å². The Hall–Kier alpha value is -0.550. The zero-order valence-electron chi connectivity index (χ0n) is 10.4. The molecule has 1 N–H and O–H groups in total. The van der Waals surface area contributed by atoms with Crippen LogP contribution in [-0.2, 0) is 6.42 Å². The van der Waals surface area contributed by atoms with E-state index < -0.39 is 0 Å². The summed E-state index contributed by atoms with van der Waals surface area (Å²) in [5.74, 6) is 1.02. The van der Waals surface area contributed by atoms with Crippen molar-refractivity contribution in [2.75, 3.05) is 13.7 Å². The summed E-state index contributed by atoms with van der Waals surface area (Å²) in [4.78, 5) is 1.21. The highest BCUT2D eigenvalue weighted by Gasteiger charge is 2.19. The molecule has 1 unspecified atom stereocenters. The van der Waals surface area contributed by atoms with Crippen LogP contribution in [0.15, 0.2) is 28.1 Å². The lowest BCUT2D eigenvalue weighted by atomic mass is 10.0. The van der Waals surface area contributed by atoms with Gasteiger partial charge in [0.15, 0.2) is 0 Å². The highest BCUT2D eigenvalue weighted by Crippen LogP contribution is 2.38. The molecule has 2 nitrogen and oxygen atoms in total. The molecule has 0 amide bonds. The molecule has 1 aliphatic heterocycles. The summed E-state index contributed by atoms with van der Waals surface area (Å²) in [5.41, 5.74) is 2.54. The molecule has 1 aromatic carbocycles. The minimum atomic E-state index is 0.166. The second kappa shape index (κ2) is 5.44. The normalized spacial score (nSPS) is 15.1. The first kappa shape index (κ1) is 13.4. The number of benzene rings is 1. The molecule has 1 aromatic heterocycles. The van der Waals surface area contributed by atoms with Gasteiger partial charge in [0, 0.05) is 11.3 Å². The second-order valence-electron chi connectivity index (χ2n) is 4.46. The van der Waals surface area contributed by atoms with Crippen LogP contribution in [0.4, 0.5) is 0 Å². The van der Waals surface area contributed by atoms with Crippen molar-refractivity contribution in [2.24, 2.45) is 0 Å². The Balaban J connectivity index is 1.98. The number of halogens is 2. The lowest BCUT2D eigenvalue weighted by molar-refractivity contribution is 0.357. The third-order valence-electron chi connectivity index (χ3n) is 3.28. The van der Waals surface area contributed by atoms with Crippen molar-refractivity contribution < 1.29 is 4.74 Å². The number of hydrogen-bond donors (Lipinski definition) is 1. The number of rotatable bonds is 3. The molecule has 2 aromatic rings. The van der Waals surface area contributed by atoms with E-state index in [9.17, 15) is 0 Å². The first-order valence-electron chi connectivity index (χ1n) is 6.06. The molecule has 3 rings (SSSR count). The summed E-state index contributed by atoms with van der Waals surface area (Å²) >= 11 is 11.3. The fraction of sp³-hybridized carbons (Fsp3) is 0.286. The Kier molecular flexibility index (Phi) is 3.85. The van der Waals surface area contributed by atoms with Gasteiger partial charge in [0.05, 0.1) is 21.5 Å². The zero-order chi connectivity index (χ0) is 13.4. The van der Waals surface area contributed by atoms with Crippen LogP contribution in [0.25, 0.3) is 0 Å². The van der Waals surface area contributed by atoms with Crippen LogP contribution in [0.3, 0.4) is 0 Å². The first-order chi connectivity index (χ1) is 9.19. The third-order valence-corrected chi connectivity index (χ3v) is 5.82. The van der Waals surface area contributed by atoms with Crippen molar-refractivity contribution >= 4 is 38.9 Å². The summed E-state index contributed by atoms with van der Waals surface area (Å²) < 4.78 is 6.53. The van der Waals surface area contributed by atoms with Crippen LogP contribution < -0.4 is 10.1 Å². The summed E-state index contributed by atoms with van der Waals surface area (Å²) in [6.45, 7) is 0.791. The molecule has 5 heteroatoms. The molecule has 0 saturated carbocycles. The molecule has 0 saturated heterocycles. The summed E-state index contributed by atoms with van der Waals surface area (Å²) in [7, 11) is 1.97. The Morgan fingerprint density at radius 2 is 2.26 bits per heavy atom. The van der Waals surface area contributed by atoms with Gasteiger partial charge in [0.1, 0.15) is 5.75 Å². The molecule has 0 spiro atoms. The quantitative estimate of drug-likeness (QED) is 0.877. The van der Waals surface area contributed by atoms with Gasteiger partial charge in [-0.05, 0) is 46.2 Å². The van der Waals surface area contributed by atoms with Gasteiger partial charge in [0.2, 0.25) is 0 Å². The van der Waals surface area contributed by atoms with Crippen LogP contribution in [0, 0.1) is 0 Å². The lowest BCUT2D eigenvalue weighted by Gasteiger charge is -2.15. The number of hydrogen-bond acceptors (Lipinski definition) is 3.